The van der Waals surface area contributed by atoms with E-state index in [1.54, 1.807) is 30.5 Å². The number of amides is 1. The second kappa shape index (κ2) is 13.2. The minimum atomic E-state index is -4.04. The smallest absolute Gasteiger partial charge is 0.243 e. The molecule has 0 aliphatic rings. The zero-order valence-electron chi connectivity index (χ0n) is 20.5. The van der Waals surface area contributed by atoms with Crippen LogP contribution in [-0.4, -0.2) is 43.2 Å². The molecule has 0 spiro atoms. The van der Waals surface area contributed by atoms with Crippen LogP contribution in [0.1, 0.15) is 12.0 Å². The predicted molar refractivity (Wildman–Crippen MR) is 158 cm³/mol. The van der Waals surface area contributed by atoms with Crippen molar-refractivity contribution in [1.82, 2.24) is 14.6 Å². The molecule has 204 valence electrons. The zero-order valence-corrected chi connectivity index (χ0v) is 24.3. The Bertz CT molecular complexity index is 1580. The quantitative estimate of drug-likeness (QED) is 0.182. The van der Waals surface area contributed by atoms with Gasteiger partial charge in [-0.3, -0.25) is 9.78 Å². The van der Waals surface area contributed by atoms with E-state index >= 15 is 0 Å². The van der Waals surface area contributed by atoms with Crippen LogP contribution in [0.5, 0.6) is 0 Å². The molecule has 1 heterocycles. The van der Waals surface area contributed by atoms with Gasteiger partial charge in [-0.25, -0.2) is 8.42 Å². The summed E-state index contributed by atoms with van der Waals surface area (Å²) < 4.78 is 27.9. The Morgan fingerprint density at radius 3 is 2.28 bits per heavy atom. The molecule has 3 aromatic carbocycles. The molecule has 39 heavy (non-hydrogen) atoms. The summed E-state index contributed by atoms with van der Waals surface area (Å²) in [6.07, 6.45) is 2.31. The van der Waals surface area contributed by atoms with Crippen LogP contribution < -0.4 is 10.6 Å². The summed E-state index contributed by atoms with van der Waals surface area (Å²) in [5.41, 5.74) is 2.20. The Labute approximate surface area is 247 Å². The van der Waals surface area contributed by atoms with Gasteiger partial charge in [0.1, 0.15) is 0 Å². The third-order valence-corrected chi connectivity index (χ3v) is 8.71. The number of nitrogens with one attached hydrogen (secondary N) is 2. The van der Waals surface area contributed by atoms with Gasteiger partial charge in [0.05, 0.1) is 17.0 Å². The first-order valence-electron chi connectivity index (χ1n) is 11.9. The van der Waals surface area contributed by atoms with Gasteiger partial charge in [-0.2, -0.15) is 4.31 Å². The van der Waals surface area contributed by atoms with Gasteiger partial charge in [0, 0.05) is 57.0 Å². The summed E-state index contributed by atoms with van der Waals surface area (Å²) in [7, 11) is -4.04. The predicted octanol–water partition coefficient (Wildman–Crippen LogP) is 6.66. The molecule has 1 aromatic heterocycles. The second-order valence-electron chi connectivity index (χ2n) is 8.61. The number of carbonyl (C=O) groups is 1. The Morgan fingerprint density at radius 1 is 0.846 bits per heavy atom. The van der Waals surface area contributed by atoms with E-state index in [1.165, 1.54) is 30.3 Å². The van der Waals surface area contributed by atoms with Crippen LogP contribution in [0.25, 0.3) is 10.9 Å². The van der Waals surface area contributed by atoms with Crippen molar-refractivity contribution in [3.63, 3.8) is 0 Å². The summed E-state index contributed by atoms with van der Waals surface area (Å²) in [4.78, 5) is 17.2. The monoisotopic (exact) mass is 624 g/mol. The number of fused-ring (bicyclic) bond motifs is 1. The van der Waals surface area contributed by atoms with Gasteiger partial charge < -0.3 is 10.6 Å². The third-order valence-electron chi connectivity index (χ3n) is 5.83. The number of hydrogen-bond acceptors (Lipinski definition) is 5. The van der Waals surface area contributed by atoms with Crippen LogP contribution in [0.2, 0.25) is 20.1 Å². The molecule has 4 aromatic rings. The highest BCUT2D eigenvalue weighted by Crippen LogP contribution is 2.26. The van der Waals surface area contributed by atoms with Crippen molar-refractivity contribution in [2.45, 2.75) is 17.9 Å². The van der Waals surface area contributed by atoms with Gasteiger partial charge in [-0.1, -0.05) is 52.5 Å². The van der Waals surface area contributed by atoms with E-state index < -0.39 is 22.5 Å². The molecule has 2 N–H and O–H groups in total. The number of benzene rings is 3. The first kappa shape index (κ1) is 29.4. The van der Waals surface area contributed by atoms with Gasteiger partial charge >= 0.3 is 0 Å². The van der Waals surface area contributed by atoms with Gasteiger partial charge in [0.15, 0.2) is 0 Å². The molecule has 0 bridgehead atoms. The highest BCUT2D eigenvalue weighted by molar-refractivity contribution is 7.89. The van der Waals surface area contributed by atoms with Crippen molar-refractivity contribution in [3.8, 4) is 0 Å². The van der Waals surface area contributed by atoms with Crippen molar-refractivity contribution in [2.75, 3.05) is 25.0 Å². The van der Waals surface area contributed by atoms with Crippen LogP contribution >= 0.6 is 46.4 Å². The maximum atomic E-state index is 13.4. The SMILES string of the molecule is O=C(CN(Cc1ccc(Cl)cc1Cl)S(=O)(=O)c1ccc(Cl)cc1)NCCCNc1ccnc2cc(Cl)ccc12. The second-order valence-corrected chi connectivity index (χ2v) is 12.3. The fourth-order valence-corrected chi connectivity index (χ4v) is 5.99. The fourth-order valence-electron chi connectivity index (χ4n) is 3.85. The highest BCUT2D eigenvalue weighted by atomic mass is 35.5. The van der Waals surface area contributed by atoms with Crippen LogP contribution in [0.3, 0.4) is 0 Å². The molecule has 0 aliphatic heterocycles. The molecule has 1 amide bonds. The normalized spacial score (nSPS) is 11.6. The van der Waals surface area contributed by atoms with Gasteiger partial charge in [-0.15, -0.1) is 0 Å². The lowest BCUT2D eigenvalue weighted by atomic mass is 10.2. The van der Waals surface area contributed by atoms with Crippen molar-refractivity contribution < 1.29 is 13.2 Å². The summed E-state index contributed by atoms with van der Waals surface area (Å²) in [5.74, 6) is -0.443. The van der Waals surface area contributed by atoms with Gasteiger partial charge in [-0.05, 0) is 72.6 Å². The van der Waals surface area contributed by atoms with Gasteiger partial charge in [0.2, 0.25) is 15.9 Å². The first-order chi connectivity index (χ1) is 18.6. The van der Waals surface area contributed by atoms with E-state index in [0.717, 1.165) is 20.9 Å². The number of halogens is 4. The molecule has 12 heteroatoms. The molecule has 4 rings (SSSR count). The Balaban J connectivity index is 1.38. The van der Waals surface area contributed by atoms with Crippen LogP contribution in [-0.2, 0) is 21.4 Å². The molecule has 0 fully saturated rings. The molecule has 0 unspecified atom stereocenters. The van der Waals surface area contributed by atoms with E-state index in [4.69, 9.17) is 46.4 Å². The molecule has 7 nitrogen and oxygen atoms in total. The number of rotatable bonds is 11. The van der Waals surface area contributed by atoms with Crippen LogP contribution in [0, 0.1) is 0 Å². The zero-order chi connectivity index (χ0) is 28.0. The number of pyridine rings is 1. The molecular formula is C27H24Cl4N4O3S. The van der Waals surface area contributed by atoms with Crippen molar-refractivity contribution >= 4 is 78.9 Å². The van der Waals surface area contributed by atoms with E-state index in [-0.39, 0.29) is 11.4 Å². The largest absolute Gasteiger partial charge is 0.384 e. The average molecular weight is 626 g/mol. The number of anilines is 1. The summed E-state index contributed by atoms with van der Waals surface area (Å²) in [6.45, 7) is 0.411. The minimum Gasteiger partial charge on any atom is -0.384 e. The summed E-state index contributed by atoms with van der Waals surface area (Å²) in [6, 6.07) is 17.9. The number of nitrogens with zero attached hydrogens (tertiary/aromatic N) is 2. The van der Waals surface area contributed by atoms with E-state index in [1.807, 2.05) is 12.1 Å². The standard InChI is InChI=1S/C27H24Cl4N4O3S/c28-19-4-7-22(8-5-19)39(37,38)35(16-18-2-3-20(29)14-24(18)31)17-27(36)34-12-1-11-32-25-10-13-33-26-15-21(30)6-9-23(25)26/h2-10,13-15H,1,11-12,16-17H2,(H,32,33)(H,34,36). The molecule has 0 atom stereocenters. The lowest BCUT2D eigenvalue weighted by molar-refractivity contribution is -0.121. The number of carbonyl (C=O) groups excluding carboxylic acids is 1. The lowest BCUT2D eigenvalue weighted by Crippen LogP contribution is -2.40. The maximum absolute atomic E-state index is 13.4. The highest BCUT2D eigenvalue weighted by Gasteiger charge is 2.27. The van der Waals surface area contributed by atoms with Gasteiger partial charge in [0.25, 0.3) is 0 Å². The number of hydrogen-bond donors (Lipinski definition) is 2. The fraction of sp³-hybridized carbons (Fsp3) is 0.185. The van der Waals surface area contributed by atoms with Crippen molar-refractivity contribution in [1.29, 1.82) is 0 Å². The molecule has 0 saturated heterocycles. The lowest BCUT2D eigenvalue weighted by Gasteiger charge is -2.22. The Morgan fingerprint density at radius 2 is 1.54 bits per heavy atom. The number of sulfonamides is 1. The molecular weight excluding hydrogens is 602 g/mol. The van der Waals surface area contributed by atoms with Crippen LogP contribution in [0.4, 0.5) is 5.69 Å². The van der Waals surface area contributed by atoms with E-state index in [0.29, 0.717) is 45.2 Å². The Kier molecular flexibility index (Phi) is 9.93. The Hall–Kier alpha value is -2.59. The first-order valence-corrected chi connectivity index (χ1v) is 14.8. The maximum Gasteiger partial charge on any atom is 0.243 e. The summed E-state index contributed by atoms with van der Waals surface area (Å²) in [5, 5.41) is 8.81. The number of aromatic nitrogens is 1. The molecule has 0 saturated carbocycles. The van der Waals surface area contributed by atoms with Crippen LogP contribution in [0.15, 0.2) is 77.8 Å². The van der Waals surface area contributed by atoms with E-state index in [9.17, 15) is 13.2 Å². The topological polar surface area (TPSA) is 91.4 Å². The molecule has 0 radical (unpaired) electrons. The van der Waals surface area contributed by atoms with E-state index in [2.05, 4.69) is 15.6 Å². The van der Waals surface area contributed by atoms with Crippen molar-refractivity contribution in [3.05, 3.63) is 98.6 Å². The average Bonchev–Trinajstić information content (AvgIpc) is 2.89. The third kappa shape index (κ3) is 7.75. The summed E-state index contributed by atoms with van der Waals surface area (Å²) >= 11 is 24.3. The minimum absolute atomic E-state index is 0.0138. The molecule has 0 aliphatic carbocycles. The van der Waals surface area contributed by atoms with Crippen molar-refractivity contribution in [2.24, 2.45) is 0 Å².